The molecule has 2 aromatic rings. The van der Waals surface area contributed by atoms with E-state index in [9.17, 15) is 9.59 Å². The second-order valence-corrected chi connectivity index (χ2v) is 6.38. The third kappa shape index (κ3) is 3.42. The molecule has 0 spiro atoms. The number of rotatable bonds is 4. The van der Waals surface area contributed by atoms with Crippen LogP contribution in [0.25, 0.3) is 0 Å². The number of nitrogens with one attached hydrogen (secondary N) is 2. The monoisotopic (exact) mass is 333 g/mol. The van der Waals surface area contributed by atoms with Crippen molar-refractivity contribution in [2.24, 2.45) is 0 Å². The van der Waals surface area contributed by atoms with Crippen LogP contribution in [0.4, 0.5) is 5.95 Å². The Morgan fingerprint density at radius 1 is 1.48 bits per heavy atom. The molecule has 0 saturated carbocycles. The van der Waals surface area contributed by atoms with E-state index in [1.54, 1.807) is 11.0 Å². The molecule has 7 nitrogen and oxygen atoms in total. The predicted octanol–water partition coefficient (Wildman–Crippen LogP) is 2.06. The third-order valence-corrected chi connectivity index (χ3v) is 4.76. The van der Waals surface area contributed by atoms with Crippen molar-refractivity contribution in [2.75, 3.05) is 11.9 Å². The van der Waals surface area contributed by atoms with Crippen LogP contribution in [0.3, 0.4) is 0 Å². The van der Waals surface area contributed by atoms with Crippen LogP contribution in [0.15, 0.2) is 17.5 Å². The molecule has 0 bridgehead atoms. The van der Waals surface area contributed by atoms with Crippen molar-refractivity contribution in [3.05, 3.63) is 28.2 Å². The third-order valence-electron chi connectivity index (χ3n) is 3.90. The SMILES string of the molecule is CCc1nc(NC(=O)[C@H]2CCCCN2C(=O)c2cccs2)n[nH]1. The molecule has 3 rings (SSSR count). The van der Waals surface area contributed by atoms with E-state index in [4.69, 9.17) is 0 Å². The number of amides is 2. The summed E-state index contributed by atoms with van der Waals surface area (Å²) in [5.41, 5.74) is 0. The number of aromatic nitrogens is 3. The van der Waals surface area contributed by atoms with Gasteiger partial charge in [-0.05, 0) is 30.7 Å². The lowest BCUT2D eigenvalue weighted by Gasteiger charge is -2.34. The fourth-order valence-electron chi connectivity index (χ4n) is 2.69. The minimum Gasteiger partial charge on any atom is -0.326 e. The largest absolute Gasteiger partial charge is 0.326 e. The van der Waals surface area contributed by atoms with E-state index in [2.05, 4.69) is 20.5 Å². The van der Waals surface area contributed by atoms with Gasteiger partial charge >= 0.3 is 0 Å². The number of likely N-dealkylation sites (tertiary alicyclic amines) is 1. The van der Waals surface area contributed by atoms with Crippen molar-refractivity contribution in [3.8, 4) is 0 Å². The summed E-state index contributed by atoms with van der Waals surface area (Å²) in [5.74, 6) is 0.678. The summed E-state index contributed by atoms with van der Waals surface area (Å²) in [7, 11) is 0. The van der Waals surface area contributed by atoms with Gasteiger partial charge in [-0.1, -0.05) is 13.0 Å². The standard InChI is InChI=1S/C15H19N5O2S/c1-2-12-16-15(19-18-12)17-13(21)10-6-3-4-8-20(10)14(22)11-7-5-9-23-11/h5,7,9-10H,2-4,6,8H2,1H3,(H2,16,17,18,19,21)/t10-/m1/s1. The number of aryl methyl sites for hydroxylation is 1. The van der Waals surface area contributed by atoms with Crippen LogP contribution in [-0.4, -0.2) is 44.5 Å². The molecule has 0 aromatic carbocycles. The van der Waals surface area contributed by atoms with Gasteiger partial charge in [0.1, 0.15) is 11.9 Å². The Morgan fingerprint density at radius 3 is 3.04 bits per heavy atom. The molecule has 23 heavy (non-hydrogen) atoms. The zero-order valence-electron chi connectivity index (χ0n) is 12.9. The molecule has 1 atom stereocenters. The first-order valence-electron chi connectivity index (χ1n) is 7.75. The number of carbonyl (C=O) groups excluding carboxylic acids is 2. The van der Waals surface area contributed by atoms with E-state index in [0.29, 0.717) is 17.8 Å². The molecule has 122 valence electrons. The van der Waals surface area contributed by atoms with Gasteiger partial charge in [-0.2, -0.15) is 4.98 Å². The van der Waals surface area contributed by atoms with Gasteiger partial charge < -0.3 is 4.90 Å². The smallest absolute Gasteiger partial charge is 0.264 e. The highest BCUT2D eigenvalue weighted by Crippen LogP contribution is 2.22. The second-order valence-electron chi connectivity index (χ2n) is 5.44. The predicted molar refractivity (Wildman–Crippen MR) is 87.4 cm³/mol. The number of piperidine rings is 1. The van der Waals surface area contributed by atoms with Gasteiger partial charge in [0.25, 0.3) is 5.91 Å². The first-order valence-corrected chi connectivity index (χ1v) is 8.63. The second kappa shape index (κ2) is 6.91. The quantitative estimate of drug-likeness (QED) is 0.896. The Balaban J connectivity index is 1.72. The maximum Gasteiger partial charge on any atom is 0.264 e. The van der Waals surface area contributed by atoms with Crippen molar-refractivity contribution in [3.63, 3.8) is 0 Å². The van der Waals surface area contributed by atoms with Gasteiger partial charge in [0.05, 0.1) is 4.88 Å². The molecular weight excluding hydrogens is 314 g/mol. The molecule has 8 heteroatoms. The lowest BCUT2D eigenvalue weighted by atomic mass is 10.0. The van der Waals surface area contributed by atoms with E-state index in [0.717, 1.165) is 25.1 Å². The minimum atomic E-state index is -0.470. The van der Waals surface area contributed by atoms with Crippen molar-refractivity contribution in [1.29, 1.82) is 0 Å². The van der Waals surface area contributed by atoms with Crippen molar-refractivity contribution >= 4 is 29.1 Å². The zero-order chi connectivity index (χ0) is 16.2. The van der Waals surface area contributed by atoms with Gasteiger partial charge in [-0.3, -0.25) is 20.0 Å². The average molecular weight is 333 g/mol. The van der Waals surface area contributed by atoms with Crippen LogP contribution in [0.2, 0.25) is 0 Å². The molecule has 1 fully saturated rings. The number of aromatic amines is 1. The number of H-pyrrole nitrogens is 1. The highest BCUT2D eigenvalue weighted by molar-refractivity contribution is 7.12. The average Bonchev–Trinajstić information content (AvgIpc) is 3.25. The topological polar surface area (TPSA) is 91.0 Å². The van der Waals surface area contributed by atoms with Gasteiger partial charge in [0.15, 0.2) is 0 Å². The van der Waals surface area contributed by atoms with Gasteiger partial charge in [0, 0.05) is 13.0 Å². The summed E-state index contributed by atoms with van der Waals surface area (Å²) in [6, 6.07) is 3.16. The van der Waals surface area contributed by atoms with E-state index in [1.165, 1.54) is 11.3 Å². The van der Waals surface area contributed by atoms with E-state index < -0.39 is 6.04 Å². The van der Waals surface area contributed by atoms with Crippen LogP contribution in [0.5, 0.6) is 0 Å². The summed E-state index contributed by atoms with van der Waals surface area (Å²) in [6.45, 7) is 2.55. The van der Waals surface area contributed by atoms with Crippen LogP contribution < -0.4 is 5.32 Å². The molecule has 0 radical (unpaired) electrons. The summed E-state index contributed by atoms with van der Waals surface area (Å²) in [4.78, 5) is 31.7. The number of carbonyl (C=O) groups is 2. The number of hydrogen-bond donors (Lipinski definition) is 2. The fraction of sp³-hybridized carbons (Fsp3) is 0.467. The fourth-order valence-corrected chi connectivity index (χ4v) is 3.37. The molecule has 0 aliphatic carbocycles. The molecule has 1 saturated heterocycles. The zero-order valence-corrected chi connectivity index (χ0v) is 13.7. The van der Waals surface area contributed by atoms with Crippen LogP contribution in [0, 0.1) is 0 Å². The molecule has 2 N–H and O–H groups in total. The number of thiophene rings is 1. The van der Waals surface area contributed by atoms with Gasteiger partial charge in [0.2, 0.25) is 11.9 Å². The first kappa shape index (κ1) is 15.7. The molecule has 3 heterocycles. The summed E-state index contributed by atoms with van der Waals surface area (Å²) < 4.78 is 0. The van der Waals surface area contributed by atoms with Crippen LogP contribution in [-0.2, 0) is 11.2 Å². The maximum absolute atomic E-state index is 12.6. The van der Waals surface area contributed by atoms with Crippen LogP contribution >= 0.6 is 11.3 Å². The number of nitrogens with zero attached hydrogens (tertiary/aromatic N) is 3. The normalized spacial score (nSPS) is 18.0. The Labute approximate surface area is 138 Å². The molecule has 1 aliphatic heterocycles. The Morgan fingerprint density at radius 2 is 2.35 bits per heavy atom. The van der Waals surface area contributed by atoms with Crippen molar-refractivity contribution in [2.45, 2.75) is 38.6 Å². The summed E-state index contributed by atoms with van der Waals surface area (Å²) in [5, 5.41) is 11.3. The van der Waals surface area contributed by atoms with Crippen LogP contribution in [0.1, 0.15) is 41.7 Å². The lowest BCUT2D eigenvalue weighted by molar-refractivity contribution is -0.121. The van der Waals surface area contributed by atoms with E-state index >= 15 is 0 Å². The number of hydrogen-bond acceptors (Lipinski definition) is 5. The van der Waals surface area contributed by atoms with Crippen molar-refractivity contribution in [1.82, 2.24) is 20.1 Å². The molecule has 2 aromatic heterocycles. The summed E-state index contributed by atoms with van der Waals surface area (Å²) >= 11 is 1.40. The molecular formula is C15H19N5O2S. The molecule has 0 unspecified atom stereocenters. The van der Waals surface area contributed by atoms with E-state index in [-0.39, 0.29) is 17.8 Å². The first-order chi connectivity index (χ1) is 11.2. The highest BCUT2D eigenvalue weighted by atomic mass is 32.1. The van der Waals surface area contributed by atoms with Gasteiger partial charge in [-0.25, -0.2) is 0 Å². The summed E-state index contributed by atoms with van der Waals surface area (Å²) in [6.07, 6.45) is 3.23. The van der Waals surface area contributed by atoms with Crippen molar-refractivity contribution < 1.29 is 9.59 Å². The minimum absolute atomic E-state index is 0.0796. The molecule has 1 aliphatic rings. The Kier molecular flexibility index (Phi) is 4.71. The molecule has 2 amide bonds. The lowest BCUT2D eigenvalue weighted by Crippen LogP contribution is -2.49. The number of anilines is 1. The maximum atomic E-state index is 12.6. The Hall–Kier alpha value is -2.22. The van der Waals surface area contributed by atoms with Gasteiger partial charge in [-0.15, -0.1) is 16.4 Å². The highest BCUT2D eigenvalue weighted by Gasteiger charge is 2.33. The van der Waals surface area contributed by atoms with E-state index in [1.807, 2.05) is 18.4 Å². The Bertz CT molecular complexity index is 682.